The summed E-state index contributed by atoms with van der Waals surface area (Å²) in [4.78, 5) is 23.3. The molecule has 0 spiro atoms. The highest BCUT2D eigenvalue weighted by molar-refractivity contribution is 5.95. The third-order valence-corrected chi connectivity index (χ3v) is 3.51. The van der Waals surface area contributed by atoms with Crippen molar-refractivity contribution in [3.8, 4) is 11.5 Å². The van der Waals surface area contributed by atoms with Gasteiger partial charge in [-0.2, -0.15) is 8.78 Å². The van der Waals surface area contributed by atoms with Crippen molar-refractivity contribution in [2.45, 2.75) is 26.5 Å². The van der Waals surface area contributed by atoms with Gasteiger partial charge in [0.25, 0.3) is 5.91 Å². The molecule has 1 N–H and O–H groups in total. The lowest BCUT2D eigenvalue weighted by Crippen LogP contribution is -2.28. The molecule has 2 aromatic carbocycles. The summed E-state index contributed by atoms with van der Waals surface area (Å²) in [6.45, 7) is -1.02. The molecule has 0 aliphatic heterocycles. The summed E-state index contributed by atoms with van der Waals surface area (Å²) in [5, 5.41) is 2.66. The number of rotatable bonds is 9. The number of ketones is 1. The smallest absolute Gasteiger partial charge is 0.387 e. The van der Waals surface area contributed by atoms with E-state index < -0.39 is 6.61 Å². The van der Waals surface area contributed by atoms with Crippen LogP contribution in [-0.4, -0.2) is 24.9 Å². The number of hydrogen-bond acceptors (Lipinski definition) is 4. The van der Waals surface area contributed by atoms with Gasteiger partial charge in [-0.1, -0.05) is 19.1 Å². The quantitative estimate of drug-likeness (QED) is 0.692. The van der Waals surface area contributed by atoms with Crippen molar-refractivity contribution >= 4 is 11.7 Å². The molecule has 0 atom stereocenters. The van der Waals surface area contributed by atoms with E-state index in [1.165, 1.54) is 12.1 Å². The number of benzene rings is 2. The van der Waals surface area contributed by atoms with Crippen LogP contribution in [0.5, 0.6) is 11.5 Å². The lowest BCUT2D eigenvalue weighted by atomic mass is 10.1. The second-order valence-electron chi connectivity index (χ2n) is 5.39. The molecular weight excluding hydrogens is 344 g/mol. The van der Waals surface area contributed by atoms with Gasteiger partial charge in [0.05, 0.1) is 0 Å². The molecule has 0 saturated heterocycles. The summed E-state index contributed by atoms with van der Waals surface area (Å²) in [5.41, 5.74) is 1.34. The number of carbonyl (C=O) groups excluding carboxylic acids is 2. The molecule has 7 heteroatoms. The second-order valence-corrected chi connectivity index (χ2v) is 5.39. The maximum Gasteiger partial charge on any atom is 0.387 e. The molecule has 138 valence electrons. The van der Waals surface area contributed by atoms with Crippen molar-refractivity contribution in [2.75, 3.05) is 6.61 Å². The van der Waals surface area contributed by atoms with Crippen LogP contribution in [0.15, 0.2) is 48.5 Å². The minimum Gasteiger partial charge on any atom is -0.484 e. The first-order valence-corrected chi connectivity index (χ1v) is 8.04. The van der Waals surface area contributed by atoms with Gasteiger partial charge in [0.1, 0.15) is 11.5 Å². The molecule has 0 fully saturated rings. The highest BCUT2D eigenvalue weighted by Gasteiger charge is 2.07. The number of alkyl halides is 2. The lowest BCUT2D eigenvalue weighted by molar-refractivity contribution is -0.123. The van der Waals surface area contributed by atoms with Crippen molar-refractivity contribution in [1.82, 2.24) is 5.32 Å². The summed E-state index contributed by atoms with van der Waals surface area (Å²) in [6, 6.07) is 12.6. The van der Waals surface area contributed by atoms with Gasteiger partial charge < -0.3 is 14.8 Å². The number of halogens is 2. The van der Waals surface area contributed by atoms with Crippen molar-refractivity contribution in [3.63, 3.8) is 0 Å². The molecule has 1 amide bonds. The highest BCUT2D eigenvalue weighted by atomic mass is 19.3. The van der Waals surface area contributed by atoms with Gasteiger partial charge in [-0.05, 0) is 42.0 Å². The first-order valence-electron chi connectivity index (χ1n) is 8.04. The number of nitrogens with one attached hydrogen (secondary N) is 1. The number of Topliss-reactive ketones (excluding diaryl/α,β-unsaturated/α-hetero) is 1. The number of hydrogen-bond donors (Lipinski definition) is 1. The summed E-state index contributed by atoms with van der Waals surface area (Å²) >= 11 is 0. The molecule has 0 radical (unpaired) electrons. The Morgan fingerprint density at radius 2 is 1.62 bits per heavy atom. The normalized spacial score (nSPS) is 10.5. The molecule has 0 aromatic heterocycles. The fraction of sp³-hybridized carbons (Fsp3) is 0.263. The van der Waals surface area contributed by atoms with Crippen LogP contribution in [0.3, 0.4) is 0 Å². The molecule has 2 aromatic rings. The average Bonchev–Trinajstić information content (AvgIpc) is 2.65. The molecule has 5 nitrogen and oxygen atoms in total. The minimum atomic E-state index is -2.87. The van der Waals surface area contributed by atoms with Crippen LogP contribution in [0.2, 0.25) is 0 Å². The molecule has 0 aliphatic rings. The van der Waals surface area contributed by atoms with E-state index in [9.17, 15) is 18.4 Å². The first-order chi connectivity index (χ1) is 12.5. The van der Waals surface area contributed by atoms with Crippen molar-refractivity contribution in [3.05, 3.63) is 59.7 Å². The Bertz CT molecular complexity index is 730. The Kier molecular flexibility index (Phi) is 7.08. The third-order valence-electron chi connectivity index (χ3n) is 3.51. The third kappa shape index (κ3) is 6.16. The Hall–Kier alpha value is -2.96. The maximum absolute atomic E-state index is 12.1. The maximum atomic E-state index is 12.1. The van der Waals surface area contributed by atoms with Crippen molar-refractivity contribution in [2.24, 2.45) is 0 Å². The average molecular weight is 363 g/mol. The Balaban J connectivity index is 1.75. The largest absolute Gasteiger partial charge is 0.484 e. The topological polar surface area (TPSA) is 64.6 Å². The van der Waals surface area contributed by atoms with E-state index in [4.69, 9.17) is 4.74 Å². The van der Waals surface area contributed by atoms with E-state index >= 15 is 0 Å². The van der Waals surface area contributed by atoms with Crippen LogP contribution in [0.4, 0.5) is 8.78 Å². The van der Waals surface area contributed by atoms with Crippen LogP contribution in [0, 0.1) is 0 Å². The molecule has 0 unspecified atom stereocenters. The SMILES string of the molecule is CCC(=O)c1ccc(OCC(=O)NCc2ccc(OC(F)F)cc2)cc1. The molecule has 0 aliphatic carbocycles. The Labute approximate surface area is 149 Å². The summed E-state index contributed by atoms with van der Waals surface area (Å²) in [6.07, 6.45) is 0.428. The zero-order valence-electron chi connectivity index (χ0n) is 14.2. The van der Waals surface area contributed by atoms with Gasteiger partial charge in [0.15, 0.2) is 12.4 Å². The summed E-state index contributed by atoms with van der Waals surface area (Å²) in [5.74, 6) is 0.260. The van der Waals surface area contributed by atoms with Crippen LogP contribution >= 0.6 is 0 Å². The number of carbonyl (C=O) groups is 2. The summed E-state index contributed by atoms with van der Waals surface area (Å²) < 4.78 is 33.8. The standard InChI is InChI=1S/C19H19F2NO4/c1-2-17(23)14-5-9-15(10-6-14)25-12-18(24)22-11-13-3-7-16(8-4-13)26-19(20)21/h3-10,19H,2,11-12H2,1H3,(H,22,24). The summed E-state index contributed by atoms with van der Waals surface area (Å²) in [7, 11) is 0. The molecule has 0 saturated carbocycles. The van der Waals surface area contributed by atoms with Gasteiger partial charge in [0.2, 0.25) is 0 Å². The molecule has 2 rings (SSSR count). The van der Waals surface area contributed by atoms with Crippen LogP contribution in [0.25, 0.3) is 0 Å². The molecule has 0 heterocycles. The van der Waals surface area contributed by atoms with Gasteiger partial charge >= 0.3 is 6.61 Å². The van der Waals surface area contributed by atoms with Gasteiger partial charge in [0, 0.05) is 18.5 Å². The van der Waals surface area contributed by atoms with E-state index in [0.717, 1.165) is 5.56 Å². The predicted octanol–water partition coefficient (Wildman–Crippen LogP) is 3.58. The van der Waals surface area contributed by atoms with E-state index in [1.54, 1.807) is 43.3 Å². The first kappa shape index (κ1) is 19.4. The van der Waals surface area contributed by atoms with E-state index in [1.807, 2.05) is 0 Å². The van der Waals surface area contributed by atoms with Crippen LogP contribution in [-0.2, 0) is 11.3 Å². The van der Waals surface area contributed by atoms with E-state index in [-0.39, 0.29) is 30.6 Å². The molecular formula is C19H19F2NO4. The molecule has 26 heavy (non-hydrogen) atoms. The van der Waals surface area contributed by atoms with Crippen LogP contribution in [0.1, 0.15) is 29.3 Å². The van der Waals surface area contributed by atoms with Crippen LogP contribution < -0.4 is 14.8 Å². The zero-order chi connectivity index (χ0) is 18.9. The predicted molar refractivity (Wildman–Crippen MR) is 91.5 cm³/mol. The fourth-order valence-electron chi connectivity index (χ4n) is 2.13. The van der Waals surface area contributed by atoms with Crippen molar-refractivity contribution in [1.29, 1.82) is 0 Å². The Morgan fingerprint density at radius 1 is 1.00 bits per heavy atom. The Morgan fingerprint density at radius 3 is 2.19 bits per heavy atom. The monoisotopic (exact) mass is 363 g/mol. The number of amides is 1. The highest BCUT2D eigenvalue weighted by Crippen LogP contribution is 2.15. The van der Waals surface area contributed by atoms with E-state index in [0.29, 0.717) is 17.7 Å². The van der Waals surface area contributed by atoms with Gasteiger partial charge in [-0.15, -0.1) is 0 Å². The van der Waals surface area contributed by atoms with Gasteiger partial charge in [-0.3, -0.25) is 9.59 Å². The van der Waals surface area contributed by atoms with Crippen molar-refractivity contribution < 1.29 is 27.8 Å². The molecule has 0 bridgehead atoms. The fourth-order valence-corrected chi connectivity index (χ4v) is 2.13. The second kappa shape index (κ2) is 9.50. The van der Waals surface area contributed by atoms with E-state index in [2.05, 4.69) is 10.1 Å². The number of ether oxygens (including phenoxy) is 2. The lowest BCUT2D eigenvalue weighted by Gasteiger charge is -2.09. The van der Waals surface area contributed by atoms with Gasteiger partial charge in [-0.25, -0.2) is 0 Å². The minimum absolute atomic E-state index is 0.0410. The zero-order valence-corrected chi connectivity index (χ0v) is 14.2.